The first kappa shape index (κ1) is 13.2. The Balaban J connectivity index is 1.80. The van der Waals surface area contributed by atoms with E-state index in [1.807, 2.05) is 12.1 Å². The second-order valence-corrected chi connectivity index (χ2v) is 4.52. The lowest BCUT2D eigenvalue weighted by atomic mass is 10.2. The monoisotopic (exact) mass is 287 g/mol. The summed E-state index contributed by atoms with van der Waals surface area (Å²) in [7, 11) is 0. The van der Waals surface area contributed by atoms with Crippen molar-refractivity contribution in [1.82, 2.24) is 9.97 Å². The second kappa shape index (κ2) is 5.32. The van der Waals surface area contributed by atoms with Crippen LogP contribution in [0.2, 0.25) is 0 Å². The molecule has 1 aromatic heterocycles. The van der Waals surface area contributed by atoms with Crippen molar-refractivity contribution in [3.8, 4) is 5.75 Å². The zero-order valence-corrected chi connectivity index (χ0v) is 10.8. The first-order valence-electron chi connectivity index (χ1n) is 6.25. The Morgan fingerprint density at radius 3 is 2.33 bits per heavy atom. The number of benzene rings is 2. The molecule has 0 amide bonds. The van der Waals surface area contributed by atoms with Gasteiger partial charge >= 0.3 is 0 Å². The lowest BCUT2D eigenvalue weighted by Gasteiger charge is -2.08. The second-order valence-electron chi connectivity index (χ2n) is 4.52. The number of nitrogens with one attached hydrogen (secondary N) is 1. The van der Waals surface area contributed by atoms with Gasteiger partial charge in [0.25, 0.3) is 0 Å². The van der Waals surface area contributed by atoms with E-state index in [-0.39, 0.29) is 6.54 Å². The molecule has 0 bridgehead atoms. The number of fused-ring (bicyclic) bond motifs is 1. The predicted octanol–water partition coefficient (Wildman–Crippen LogP) is 3.23. The highest BCUT2D eigenvalue weighted by atomic mass is 19.1. The fourth-order valence-electron chi connectivity index (χ4n) is 2.00. The molecule has 0 spiro atoms. The number of aromatic hydroxyl groups is 1. The van der Waals surface area contributed by atoms with E-state index in [4.69, 9.17) is 5.11 Å². The van der Waals surface area contributed by atoms with Gasteiger partial charge < -0.3 is 10.4 Å². The van der Waals surface area contributed by atoms with Gasteiger partial charge in [0, 0.05) is 24.6 Å². The molecule has 0 aliphatic carbocycles. The standard InChI is InChI=1S/C15H11F2N3O/c16-11-5-9(6-12(17)15(11)21)8-20-10-1-2-13-14(7-10)19-4-3-18-13/h1-7,20-21H,8H2. The zero-order chi connectivity index (χ0) is 14.8. The van der Waals surface area contributed by atoms with E-state index in [9.17, 15) is 8.78 Å². The zero-order valence-electron chi connectivity index (χ0n) is 10.8. The van der Waals surface area contributed by atoms with Crippen molar-refractivity contribution in [2.45, 2.75) is 6.54 Å². The molecule has 21 heavy (non-hydrogen) atoms. The van der Waals surface area contributed by atoms with E-state index in [0.29, 0.717) is 5.56 Å². The van der Waals surface area contributed by atoms with Crippen molar-refractivity contribution in [2.24, 2.45) is 0 Å². The van der Waals surface area contributed by atoms with Gasteiger partial charge in [-0.05, 0) is 35.9 Å². The Labute approximate surface area is 119 Å². The average Bonchev–Trinajstić information content (AvgIpc) is 2.50. The lowest BCUT2D eigenvalue weighted by Crippen LogP contribution is -2.01. The maximum atomic E-state index is 13.2. The van der Waals surface area contributed by atoms with Gasteiger partial charge in [-0.25, -0.2) is 8.78 Å². The molecule has 0 unspecified atom stereocenters. The van der Waals surface area contributed by atoms with Crippen LogP contribution in [0.5, 0.6) is 5.75 Å². The summed E-state index contributed by atoms with van der Waals surface area (Å²) in [4.78, 5) is 8.34. The van der Waals surface area contributed by atoms with Crippen LogP contribution in [0, 0.1) is 11.6 Å². The van der Waals surface area contributed by atoms with E-state index < -0.39 is 17.4 Å². The van der Waals surface area contributed by atoms with Gasteiger partial charge in [0.1, 0.15) is 0 Å². The summed E-state index contributed by atoms with van der Waals surface area (Å²) in [5.41, 5.74) is 2.65. The van der Waals surface area contributed by atoms with E-state index in [1.165, 1.54) is 0 Å². The summed E-state index contributed by atoms with van der Waals surface area (Å²) >= 11 is 0. The minimum Gasteiger partial charge on any atom is -0.503 e. The fraction of sp³-hybridized carbons (Fsp3) is 0.0667. The number of hydrogen-bond donors (Lipinski definition) is 2. The van der Waals surface area contributed by atoms with E-state index in [2.05, 4.69) is 15.3 Å². The molecule has 0 atom stereocenters. The summed E-state index contributed by atoms with van der Waals surface area (Å²) in [6.07, 6.45) is 3.20. The molecule has 2 N–H and O–H groups in total. The van der Waals surface area contributed by atoms with Crippen LogP contribution < -0.4 is 5.32 Å². The summed E-state index contributed by atoms with van der Waals surface area (Å²) in [5, 5.41) is 12.1. The van der Waals surface area contributed by atoms with Crippen molar-refractivity contribution in [3.63, 3.8) is 0 Å². The van der Waals surface area contributed by atoms with Crippen molar-refractivity contribution >= 4 is 16.7 Å². The van der Waals surface area contributed by atoms with Crippen molar-refractivity contribution in [2.75, 3.05) is 5.32 Å². The number of phenolic OH excluding ortho intramolecular Hbond substituents is 1. The van der Waals surface area contributed by atoms with Gasteiger partial charge in [-0.15, -0.1) is 0 Å². The highest BCUT2D eigenvalue weighted by Crippen LogP contribution is 2.22. The number of halogens is 2. The van der Waals surface area contributed by atoms with Gasteiger partial charge in [0.15, 0.2) is 17.4 Å². The molecule has 1 heterocycles. The van der Waals surface area contributed by atoms with Crippen LogP contribution in [0.25, 0.3) is 11.0 Å². The van der Waals surface area contributed by atoms with Crippen LogP contribution >= 0.6 is 0 Å². The Morgan fingerprint density at radius 1 is 0.952 bits per heavy atom. The molecular formula is C15H11F2N3O. The van der Waals surface area contributed by atoms with Crippen LogP contribution in [-0.2, 0) is 6.54 Å². The third-order valence-electron chi connectivity index (χ3n) is 3.04. The summed E-state index contributed by atoms with van der Waals surface area (Å²) in [6, 6.07) is 7.60. The number of nitrogens with zero attached hydrogens (tertiary/aromatic N) is 2. The molecular weight excluding hydrogens is 276 g/mol. The highest BCUT2D eigenvalue weighted by molar-refractivity contribution is 5.78. The van der Waals surface area contributed by atoms with E-state index >= 15 is 0 Å². The average molecular weight is 287 g/mol. The van der Waals surface area contributed by atoms with Crippen molar-refractivity contribution < 1.29 is 13.9 Å². The fourth-order valence-corrected chi connectivity index (χ4v) is 2.00. The molecule has 3 rings (SSSR count). The minimum absolute atomic E-state index is 0.222. The highest BCUT2D eigenvalue weighted by Gasteiger charge is 2.09. The van der Waals surface area contributed by atoms with Gasteiger partial charge in [0.05, 0.1) is 11.0 Å². The summed E-state index contributed by atoms with van der Waals surface area (Å²) in [6.45, 7) is 0.222. The quantitative estimate of drug-likeness (QED) is 0.776. The molecule has 0 radical (unpaired) electrons. The SMILES string of the molecule is Oc1c(F)cc(CNc2ccc3nccnc3c2)cc1F. The molecule has 106 valence electrons. The normalized spacial score (nSPS) is 10.8. The van der Waals surface area contributed by atoms with E-state index in [0.717, 1.165) is 28.9 Å². The number of rotatable bonds is 3. The molecule has 4 nitrogen and oxygen atoms in total. The van der Waals surface area contributed by atoms with Gasteiger partial charge in [-0.3, -0.25) is 9.97 Å². The first-order chi connectivity index (χ1) is 10.1. The third-order valence-corrected chi connectivity index (χ3v) is 3.04. The summed E-state index contributed by atoms with van der Waals surface area (Å²) in [5.74, 6) is -2.91. The Morgan fingerprint density at radius 2 is 1.62 bits per heavy atom. The summed E-state index contributed by atoms with van der Waals surface area (Å²) < 4.78 is 26.5. The largest absolute Gasteiger partial charge is 0.503 e. The van der Waals surface area contributed by atoms with Crippen LogP contribution in [0.1, 0.15) is 5.56 Å². The Kier molecular flexibility index (Phi) is 3.35. The van der Waals surface area contributed by atoms with Gasteiger partial charge in [-0.2, -0.15) is 0 Å². The number of hydrogen-bond acceptors (Lipinski definition) is 4. The smallest absolute Gasteiger partial charge is 0.187 e. The van der Waals surface area contributed by atoms with Crippen LogP contribution in [0.3, 0.4) is 0 Å². The van der Waals surface area contributed by atoms with E-state index in [1.54, 1.807) is 18.5 Å². The number of aromatic nitrogens is 2. The Hall–Kier alpha value is -2.76. The van der Waals surface area contributed by atoms with Crippen molar-refractivity contribution in [3.05, 3.63) is 59.9 Å². The molecule has 0 saturated carbocycles. The van der Waals surface area contributed by atoms with Gasteiger partial charge in [-0.1, -0.05) is 0 Å². The molecule has 6 heteroatoms. The van der Waals surface area contributed by atoms with Crippen LogP contribution in [-0.4, -0.2) is 15.1 Å². The van der Waals surface area contributed by atoms with Gasteiger partial charge in [0.2, 0.25) is 0 Å². The van der Waals surface area contributed by atoms with Crippen molar-refractivity contribution in [1.29, 1.82) is 0 Å². The Bertz CT molecular complexity index is 785. The predicted molar refractivity (Wildman–Crippen MR) is 74.9 cm³/mol. The first-order valence-corrected chi connectivity index (χ1v) is 6.25. The molecule has 0 fully saturated rings. The third kappa shape index (κ3) is 2.74. The lowest BCUT2D eigenvalue weighted by molar-refractivity contribution is 0.395. The number of phenols is 1. The molecule has 3 aromatic rings. The molecule has 2 aromatic carbocycles. The maximum Gasteiger partial charge on any atom is 0.187 e. The topological polar surface area (TPSA) is 58.0 Å². The molecule has 0 saturated heterocycles. The maximum absolute atomic E-state index is 13.2. The van der Waals surface area contributed by atoms with Crippen LogP contribution in [0.4, 0.5) is 14.5 Å². The molecule has 0 aliphatic rings. The minimum atomic E-state index is -0.976. The number of anilines is 1. The van der Waals surface area contributed by atoms with Crippen LogP contribution in [0.15, 0.2) is 42.7 Å². The molecule has 0 aliphatic heterocycles.